The van der Waals surface area contributed by atoms with Crippen LogP contribution < -0.4 is 0 Å². The standard InChI is InChI=1S/C12H12F12/c1-3-5-6-7(4-2,11(19,20)21)8(13,14)9(15,16)10(17,18)12(22,23)24/h4H,2-3,5-6H2,1H3. The minimum Gasteiger partial charge on any atom is -0.198 e. The van der Waals surface area contributed by atoms with Gasteiger partial charge in [0.05, 0.1) is 0 Å². The molecule has 0 aromatic heterocycles. The van der Waals surface area contributed by atoms with Crippen LogP contribution in [0, 0.1) is 5.41 Å². The molecule has 24 heavy (non-hydrogen) atoms. The second-order valence-corrected chi connectivity index (χ2v) is 5.00. The maximum atomic E-state index is 13.8. The predicted octanol–water partition coefficient (Wildman–Crippen LogP) is 6.38. The van der Waals surface area contributed by atoms with Gasteiger partial charge in [-0.15, -0.1) is 6.58 Å². The average molecular weight is 384 g/mol. The van der Waals surface area contributed by atoms with Crippen molar-refractivity contribution in [2.45, 2.75) is 56.3 Å². The number of allylic oxidation sites excluding steroid dienone is 1. The van der Waals surface area contributed by atoms with Crippen LogP contribution in [-0.2, 0) is 0 Å². The van der Waals surface area contributed by atoms with Gasteiger partial charge in [-0.2, -0.15) is 52.7 Å². The Morgan fingerprint density at radius 3 is 1.33 bits per heavy atom. The van der Waals surface area contributed by atoms with E-state index in [1.165, 1.54) is 6.92 Å². The summed E-state index contributed by atoms with van der Waals surface area (Å²) in [6, 6.07) is 0. The van der Waals surface area contributed by atoms with E-state index in [0.717, 1.165) is 0 Å². The molecule has 0 aliphatic carbocycles. The van der Waals surface area contributed by atoms with Gasteiger partial charge in [0.2, 0.25) is 0 Å². The summed E-state index contributed by atoms with van der Waals surface area (Å²) in [5.41, 5.74) is -4.96. The van der Waals surface area contributed by atoms with E-state index in [9.17, 15) is 52.7 Å². The van der Waals surface area contributed by atoms with Crippen molar-refractivity contribution in [1.82, 2.24) is 0 Å². The normalized spacial score (nSPS) is 17.5. The van der Waals surface area contributed by atoms with Gasteiger partial charge in [-0.05, 0) is 6.42 Å². The van der Waals surface area contributed by atoms with Crippen LogP contribution in [0.15, 0.2) is 12.7 Å². The Hall–Kier alpha value is -1.10. The maximum Gasteiger partial charge on any atom is 0.460 e. The summed E-state index contributed by atoms with van der Waals surface area (Å²) in [5.74, 6) is -21.6. The fourth-order valence-electron chi connectivity index (χ4n) is 1.93. The fraction of sp³-hybridized carbons (Fsp3) is 0.833. The van der Waals surface area contributed by atoms with E-state index in [0.29, 0.717) is 0 Å². The van der Waals surface area contributed by atoms with Gasteiger partial charge in [0.1, 0.15) is 0 Å². The van der Waals surface area contributed by atoms with Crippen LogP contribution in [0.25, 0.3) is 0 Å². The van der Waals surface area contributed by atoms with Crippen molar-refractivity contribution < 1.29 is 52.7 Å². The van der Waals surface area contributed by atoms with Crippen LogP contribution in [0.5, 0.6) is 0 Å². The molecule has 12 heteroatoms. The Balaban J connectivity index is 6.53. The lowest BCUT2D eigenvalue weighted by atomic mass is 9.72. The molecular formula is C12H12F12. The molecule has 0 amide bonds. The van der Waals surface area contributed by atoms with Gasteiger partial charge in [0, 0.05) is 0 Å². The first-order valence-electron chi connectivity index (χ1n) is 6.28. The molecule has 144 valence electrons. The van der Waals surface area contributed by atoms with Crippen LogP contribution in [0.3, 0.4) is 0 Å². The monoisotopic (exact) mass is 384 g/mol. The fourth-order valence-corrected chi connectivity index (χ4v) is 1.93. The smallest absolute Gasteiger partial charge is 0.198 e. The van der Waals surface area contributed by atoms with Gasteiger partial charge in [-0.25, -0.2) is 0 Å². The zero-order valence-corrected chi connectivity index (χ0v) is 11.9. The van der Waals surface area contributed by atoms with Crippen molar-refractivity contribution in [3.8, 4) is 0 Å². The van der Waals surface area contributed by atoms with Crippen molar-refractivity contribution in [3.63, 3.8) is 0 Å². The molecule has 0 heterocycles. The number of rotatable bonds is 7. The Labute approximate surface area is 128 Å². The Morgan fingerprint density at radius 2 is 1.08 bits per heavy atom. The molecule has 0 spiro atoms. The van der Waals surface area contributed by atoms with Crippen molar-refractivity contribution in [2.75, 3.05) is 0 Å². The zero-order valence-electron chi connectivity index (χ0n) is 11.9. The lowest BCUT2D eigenvalue weighted by molar-refractivity contribution is -0.427. The third kappa shape index (κ3) is 3.07. The molecule has 1 atom stereocenters. The van der Waals surface area contributed by atoms with Gasteiger partial charge >= 0.3 is 30.1 Å². The Bertz CT molecular complexity index is 444. The minimum absolute atomic E-state index is 0.247. The molecule has 1 unspecified atom stereocenters. The van der Waals surface area contributed by atoms with Gasteiger partial charge in [0.15, 0.2) is 5.41 Å². The molecule has 0 bridgehead atoms. The lowest BCUT2D eigenvalue weighted by Crippen LogP contribution is -2.68. The molecule has 0 rings (SSSR count). The summed E-state index contributed by atoms with van der Waals surface area (Å²) < 4.78 is 155. The third-order valence-corrected chi connectivity index (χ3v) is 3.48. The highest BCUT2D eigenvalue weighted by atomic mass is 19.4. The second-order valence-electron chi connectivity index (χ2n) is 5.00. The first kappa shape index (κ1) is 22.9. The SMILES string of the molecule is C=CC(CCCC)(C(F)(F)F)C(F)(F)C(F)(F)C(F)(F)C(F)(F)F. The molecule has 0 aromatic rings. The number of unbranched alkanes of at least 4 members (excludes halogenated alkanes) is 1. The molecule has 0 N–H and O–H groups in total. The highest BCUT2D eigenvalue weighted by Gasteiger charge is 2.88. The van der Waals surface area contributed by atoms with E-state index >= 15 is 0 Å². The van der Waals surface area contributed by atoms with Crippen molar-refractivity contribution in [2.24, 2.45) is 5.41 Å². The van der Waals surface area contributed by atoms with Crippen molar-refractivity contribution in [3.05, 3.63) is 12.7 Å². The third-order valence-electron chi connectivity index (χ3n) is 3.48. The van der Waals surface area contributed by atoms with Crippen LogP contribution in [0.4, 0.5) is 52.7 Å². The van der Waals surface area contributed by atoms with E-state index in [4.69, 9.17) is 0 Å². The van der Waals surface area contributed by atoms with E-state index < -0.39 is 54.5 Å². The van der Waals surface area contributed by atoms with E-state index in [-0.39, 0.29) is 6.42 Å². The Morgan fingerprint density at radius 1 is 0.667 bits per heavy atom. The highest BCUT2D eigenvalue weighted by Crippen LogP contribution is 2.63. The largest absolute Gasteiger partial charge is 0.460 e. The minimum atomic E-state index is -7.39. The van der Waals surface area contributed by atoms with E-state index in [1.807, 2.05) is 0 Å². The number of hydrogen-bond donors (Lipinski definition) is 0. The molecule has 0 aromatic carbocycles. The van der Waals surface area contributed by atoms with Crippen LogP contribution in [-0.4, -0.2) is 30.1 Å². The molecular weight excluding hydrogens is 372 g/mol. The lowest BCUT2D eigenvalue weighted by Gasteiger charge is -2.44. The number of alkyl halides is 12. The summed E-state index contributed by atoms with van der Waals surface area (Å²) in [4.78, 5) is 0. The number of halogens is 12. The molecule has 0 saturated heterocycles. The second kappa shape index (κ2) is 6.32. The molecule has 0 nitrogen and oxygen atoms in total. The summed E-state index contributed by atoms with van der Waals surface area (Å²) in [6.45, 7) is 3.49. The van der Waals surface area contributed by atoms with Crippen LogP contribution in [0.1, 0.15) is 26.2 Å². The van der Waals surface area contributed by atoms with Crippen LogP contribution >= 0.6 is 0 Å². The van der Waals surface area contributed by atoms with E-state index in [1.54, 1.807) is 0 Å². The number of hydrogen-bond acceptors (Lipinski definition) is 0. The molecule has 0 aliphatic heterocycles. The maximum absolute atomic E-state index is 13.8. The van der Waals surface area contributed by atoms with Crippen molar-refractivity contribution in [1.29, 1.82) is 0 Å². The topological polar surface area (TPSA) is 0 Å². The molecule has 0 radical (unpaired) electrons. The summed E-state index contributed by atoms with van der Waals surface area (Å²) >= 11 is 0. The van der Waals surface area contributed by atoms with Crippen LogP contribution in [0.2, 0.25) is 0 Å². The molecule has 0 fully saturated rings. The first-order chi connectivity index (χ1) is 10.4. The predicted molar refractivity (Wildman–Crippen MR) is 59.1 cm³/mol. The average Bonchev–Trinajstić information content (AvgIpc) is 2.36. The highest BCUT2D eigenvalue weighted by molar-refractivity contribution is 5.16. The van der Waals surface area contributed by atoms with E-state index in [2.05, 4.69) is 6.58 Å². The van der Waals surface area contributed by atoms with Gasteiger partial charge < -0.3 is 0 Å². The van der Waals surface area contributed by atoms with Gasteiger partial charge in [-0.3, -0.25) is 0 Å². The van der Waals surface area contributed by atoms with Gasteiger partial charge in [0.25, 0.3) is 0 Å². The van der Waals surface area contributed by atoms with Crippen molar-refractivity contribution >= 4 is 0 Å². The molecule has 0 aliphatic rings. The summed E-state index contributed by atoms with van der Waals surface area (Å²) in [6.07, 6.45) is -17.1. The first-order valence-corrected chi connectivity index (χ1v) is 6.28. The summed E-state index contributed by atoms with van der Waals surface area (Å²) in [7, 11) is 0. The van der Waals surface area contributed by atoms with Gasteiger partial charge in [-0.1, -0.05) is 25.8 Å². The zero-order chi connectivity index (χ0) is 19.8. The summed E-state index contributed by atoms with van der Waals surface area (Å²) in [5, 5.41) is 0. The quantitative estimate of drug-likeness (QED) is 0.353. The molecule has 0 saturated carbocycles. The Kier molecular flexibility index (Phi) is 6.03.